The van der Waals surface area contributed by atoms with E-state index in [9.17, 15) is 0 Å². The highest BCUT2D eigenvalue weighted by molar-refractivity contribution is 9.09. The third-order valence-electron chi connectivity index (χ3n) is 0.784. The molecule has 0 aromatic rings. The Balaban J connectivity index is 0. The second-order valence-electron chi connectivity index (χ2n) is 1.42. The Hall–Kier alpha value is 0.430. The van der Waals surface area contributed by atoms with E-state index in [4.69, 9.17) is 5.41 Å². The van der Waals surface area contributed by atoms with Crippen molar-refractivity contribution < 1.29 is 4.74 Å². The normalized spacial score (nSPS) is 7.78. The fourth-order valence-corrected chi connectivity index (χ4v) is 0.610. The van der Waals surface area contributed by atoms with E-state index in [1.807, 2.05) is 0 Å². The molecule has 0 aliphatic rings. The van der Waals surface area contributed by atoms with Crippen LogP contribution in [-0.2, 0) is 4.74 Å². The van der Waals surface area contributed by atoms with Gasteiger partial charge in [-0.3, -0.25) is 5.41 Å². The van der Waals surface area contributed by atoms with Crippen LogP contribution in [0.2, 0.25) is 0 Å². The molecule has 0 saturated carbocycles. The summed E-state index contributed by atoms with van der Waals surface area (Å²) in [7, 11) is 1.52. The van der Waals surface area contributed by atoms with Gasteiger partial charge in [0.05, 0.1) is 7.11 Å². The molecule has 0 aromatic carbocycles. The molecule has 0 atom stereocenters. The maximum absolute atomic E-state index is 7.00. The van der Waals surface area contributed by atoms with Crippen LogP contribution in [0.4, 0.5) is 0 Å². The molecule has 0 aromatic heterocycles. The molecule has 9 heavy (non-hydrogen) atoms. The zero-order chi connectivity index (χ0) is 6.41. The zero-order valence-electron chi connectivity index (χ0n) is 5.32. The van der Waals surface area contributed by atoms with Crippen LogP contribution in [0.25, 0.3) is 0 Å². The summed E-state index contributed by atoms with van der Waals surface area (Å²) < 4.78 is 4.61. The molecule has 0 bridgehead atoms. The van der Waals surface area contributed by atoms with E-state index < -0.39 is 0 Å². The first kappa shape index (κ1) is 12.1. The van der Waals surface area contributed by atoms with Crippen molar-refractivity contribution in [2.45, 2.75) is 12.8 Å². The third-order valence-corrected chi connectivity index (χ3v) is 1.34. The quantitative estimate of drug-likeness (QED) is 0.472. The number of ether oxygens (including phenoxy) is 1. The van der Waals surface area contributed by atoms with Gasteiger partial charge in [0, 0.05) is 11.8 Å². The predicted molar refractivity (Wildman–Crippen MR) is 48.1 cm³/mol. The van der Waals surface area contributed by atoms with Crippen molar-refractivity contribution in [3.63, 3.8) is 0 Å². The van der Waals surface area contributed by atoms with Gasteiger partial charge in [-0.1, -0.05) is 15.9 Å². The first-order valence-electron chi connectivity index (χ1n) is 2.48. The Bertz CT molecular complexity index is 77.4. The molecule has 0 unspecified atom stereocenters. The third kappa shape index (κ3) is 8.43. The van der Waals surface area contributed by atoms with E-state index in [2.05, 4.69) is 20.7 Å². The Morgan fingerprint density at radius 3 is 2.56 bits per heavy atom. The average molecular weight is 261 g/mol. The molecule has 2 nitrogen and oxygen atoms in total. The van der Waals surface area contributed by atoms with Gasteiger partial charge in [0.15, 0.2) is 5.90 Å². The van der Waals surface area contributed by atoms with E-state index in [0.717, 1.165) is 18.2 Å². The van der Waals surface area contributed by atoms with Crippen molar-refractivity contribution in [1.29, 1.82) is 5.41 Å². The van der Waals surface area contributed by atoms with Crippen LogP contribution in [0.3, 0.4) is 0 Å². The molecule has 0 aliphatic carbocycles. The summed E-state index contributed by atoms with van der Waals surface area (Å²) in [5.41, 5.74) is 0. The summed E-state index contributed by atoms with van der Waals surface area (Å²) in [6.45, 7) is 0. The van der Waals surface area contributed by atoms with Crippen molar-refractivity contribution in [3.8, 4) is 0 Å². The first-order chi connectivity index (χ1) is 3.81. The fourth-order valence-electron chi connectivity index (χ4n) is 0.329. The predicted octanol–water partition coefficient (Wildman–Crippen LogP) is 2.36. The molecule has 0 spiro atoms. The number of halogens is 2. The highest BCUT2D eigenvalue weighted by atomic mass is 79.9. The highest BCUT2D eigenvalue weighted by Crippen LogP contribution is 1.94. The van der Waals surface area contributed by atoms with E-state index >= 15 is 0 Å². The second-order valence-corrected chi connectivity index (χ2v) is 2.21. The molecule has 0 saturated heterocycles. The van der Waals surface area contributed by atoms with Gasteiger partial charge in [-0.15, -0.1) is 17.0 Å². The van der Waals surface area contributed by atoms with Crippen molar-refractivity contribution in [2.75, 3.05) is 12.4 Å². The van der Waals surface area contributed by atoms with Crippen LogP contribution in [0.15, 0.2) is 0 Å². The van der Waals surface area contributed by atoms with E-state index in [0.29, 0.717) is 5.90 Å². The molecule has 1 N–H and O–H groups in total. The number of alkyl halides is 1. The minimum atomic E-state index is 0. The lowest BCUT2D eigenvalue weighted by atomic mass is 10.3. The van der Waals surface area contributed by atoms with E-state index in [-0.39, 0.29) is 17.0 Å². The van der Waals surface area contributed by atoms with Crippen LogP contribution in [0.1, 0.15) is 12.8 Å². The number of hydrogen-bond donors (Lipinski definition) is 1. The minimum Gasteiger partial charge on any atom is -0.484 e. The minimum absolute atomic E-state index is 0. The van der Waals surface area contributed by atoms with Crippen molar-refractivity contribution in [1.82, 2.24) is 0 Å². The summed E-state index contributed by atoms with van der Waals surface area (Å²) in [5.74, 6) is 0.365. The van der Waals surface area contributed by atoms with Crippen molar-refractivity contribution in [2.24, 2.45) is 0 Å². The smallest absolute Gasteiger partial charge is 0.180 e. The molecular weight excluding hydrogens is 250 g/mol. The zero-order valence-corrected chi connectivity index (χ0v) is 8.61. The van der Waals surface area contributed by atoms with E-state index in [1.165, 1.54) is 7.11 Å². The standard InChI is InChI=1S/C5H10BrNO.BrH/c1-8-5(7)3-2-4-6;/h7H,2-4H2,1H3;1H. The monoisotopic (exact) mass is 259 g/mol. The summed E-state index contributed by atoms with van der Waals surface area (Å²) in [5, 5.41) is 7.94. The second kappa shape index (κ2) is 8.43. The molecular formula is C5H11Br2NO. The van der Waals surface area contributed by atoms with Crippen LogP contribution < -0.4 is 0 Å². The summed E-state index contributed by atoms with van der Waals surface area (Å²) >= 11 is 3.25. The van der Waals surface area contributed by atoms with Crippen LogP contribution in [-0.4, -0.2) is 18.3 Å². The lowest BCUT2D eigenvalue weighted by molar-refractivity contribution is 0.385. The van der Waals surface area contributed by atoms with Crippen molar-refractivity contribution in [3.05, 3.63) is 0 Å². The molecule has 0 fully saturated rings. The summed E-state index contributed by atoms with van der Waals surface area (Å²) in [6, 6.07) is 0. The molecule has 0 heterocycles. The topological polar surface area (TPSA) is 33.1 Å². The molecule has 0 aliphatic heterocycles. The summed E-state index contributed by atoms with van der Waals surface area (Å²) in [4.78, 5) is 0. The largest absolute Gasteiger partial charge is 0.484 e. The van der Waals surface area contributed by atoms with Gasteiger partial charge in [-0.2, -0.15) is 0 Å². The summed E-state index contributed by atoms with van der Waals surface area (Å²) in [6.07, 6.45) is 1.72. The Kier molecular flexibility index (Phi) is 11.4. The van der Waals surface area contributed by atoms with Gasteiger partial charge in [-0.05, 0) is 6.42 Å². The maximum atomic E-state index is 7.00. The van der Waals surface area contributed by atoms with Gasteiger partial charge < -0.3 is 4.74 Å². The van der Waals surface area contributed by atoms with Gasteiger partial charge in [-0.25, -0.2) is 0 Å². The van der Waals surface area contributed by atoms with Gasteiger partial charge >= 0.3 is 0 Å². The van der Waals surface area contributed by atoms with Crippen LogP contribution in [0, 0.1) is 5.41 Å². The lowest BCUT2D eigenvalue weighted by Crippen LogP contribution is -1.97. The van der Waals surface area contributed by atoms with Crippen molar-refractivity contribution >= 4 is 38.8 Å². The highest BCUT2D eigenvalue weighted by Gasteiger charge is 1.90. The number of methoxy groups -OCH3 is 1. The fraction of sp³-hybridized carbons (Fsp3) is 0.800. The number of hydrogen-bond acceptors (Lipinski definition) is 2. The number of nitrogens with one attached hydrogen (secondary N) is 1. The molecule has 56 valence electrons. The molecule has 0 rings (SSSR count). The SMILES string of the molecule is Br.COC(=N)CCCBr. The lowest BCUT2D eigenvalue weighted by Gasteiger charge is -1.97. The van der Waals surface area contributed by atoms with Crippen LogP contribution in [0.5, 0.6) is 0 Å². The number of rotatable bonds is 3. The first-order valence-corrected chi connectivity index (χ1v) is 3.60. The molecule has 0 radical (unpaired) electrons. The molecule has 4 heteroatoms. The maximum Gasteiger partial charge on any atom is 0.180 e. The van der Waals surface area contributed by atoms with E-state index in [1.54, 1.807) is 0 Å². The Morgan fingerprint density at radius 1 is 1.67 bits per heavy atom. The molecule has 0 amide bonds. The van der Waals surface area contributed by atoms with Gasteiger partial charge in [0.25, 0.3) is 0 Å². The van der Waals surface area contributed by atoms with Gasteiger partial charge in [0.1, 0.15) is 0 Å². The van der Waals surface area contributed by atoms with Gasteiger partial charge in [0.2, 0.25) is 0 Å². The Labute approximate surface area is 74.4 Å². The average Bonchev–Trinajstić information content (AvgIpc) is 1.83. The van der Waals surface area contributed by atoms with Crippen LogP contribution >= 0.6 is 32.9 Å². The Morgan fingerprint density at radius 2 is 2.22 bits per heavy atom.